The van der Waals surface area contributed by atoms with E-state index in [-0.39, 0.29) is 5.82 Å². The lowest BCUT2D eigenvalue weighted by Crippen LogP contribution is -2.45. The van der Waals surface area contributed by atoms with Gasteiger partial charge in [0.15, 0.2) is 17.5 Å². The topological polar surface area (TPSA) is 133 Å². The van der Waals surface area contributed by atoms with Gasteiger partial charge in [0, 0.05) is 17.1 Å². The molecule has 3 heterocycles. The van der Waals surface area contributed by atoms with Crippen LogP contribution in [0.3, 0.4) is 0 Å². The number of nitrogens with zero attached hydrogens (tertiary/aromatic N) is 3. The monoisotopic (exact) mass is 358 g/mol. The summed E-state index contributed by atoms with van der Waals surface area (Å²) in [7, 11) is 0. The first-order valence-corrected chi connectivity index (χ1v) is 8.41. The number of hydrogen-bond donors (Lipinski definition) is 5. The van der Waals surface area contributed by atoms with Crippen molar-refractivity contribution in [3.8, 4) is 11.4 Å². The molecule has 0 spiro atoms. The van der Waals surface area contributed by atoms with Gasteiger partial charge in [0.1, 0.15) is 5.65 Å². The molecule has 0 bridgehead atoms. The van der Waals surface area contributed by atoms with Crippen LogP contribution in [0.15, 0.2) is 24.7 Å². The SMILES string of the molecule is Nc1cnc2[nH]cc(-c3ncc(F)c(N[C@@H]4CCC[C@H](O)[C@@H]4O)n3)c2c1. The van der Waals surface area contributed by atoms with Crippen LogP contribution >= 0.6 is 0 Å². The van der Waals surface area contributed by atoms with E-state index in [2.05, 4.69) is 25.3 Å². The summed E-state index contributed by atoms with van der Waals surface area (Å²) in [6.45, 7) is 0. The fraction of sp³-hybridized carbons (Fsp3) is 0.353. The Kier molecular flexibility index (Phi) is 4.17. The maximum absolute atomic E-state index is 14.2. The van der Waals surface area contributed by atoms with Gasteiger partial charge >= 0.3 is 0 Å². The predicted molar refractivity (Wildman–Crippen MR) is 94.8 cm³/mol. The minimum absolute atomic E-state index is 0.0145. The minimum Gasteiger partial charge on any atom is -0.397 e. The summed E-state index contributed by atoms with van der Waals surface area (Å²) in [4.78, 5) is 15.5. The molecule has 1 aliphatic carbocycles. The molecule has 3 aromatic heterocycles. The maximum atomic E-state index is 14.2. The molecular weight excluding hydrogens is 339 g/mol. The highest BCUT2D eigenvalue weighted by Gasteiger charge is 2.31. The van der Waals surface area contributed by atoms with Gasteiger partial charge in [0.25, 0.3) is 0 Å². The van der Waals surface area contributed by atoms with Gasteiger partial charge < -0.3 is 26.2 Å². The van der Waals surface area contributed by atoms with Crippen LogP contribution in [0.4, 0.5) is 15.9 Å². The quantitative estimate of drug-likeness (QED) is 0.478. The van der Waals surface area contributed by atoms with Crippen molar-refractivity contribution in [1.82, 2.24) is 19.9 Å². The molecule has 4 rings (SSSR count). The summed E-state index contributed by atoms with van der Waals surface area (Å²) in [6, 6.07) is 1.27. The maximum Gasteiger partial charge on any atom is 0.183 e. The first-order valence-electron chi connectivity index (χ1n) is 8.41. The van der Waals surface area contributed by atoms with E-state index in [0.29, 0.717) is 35.6 Å². The summed E-state index contributed by atoms with van der Waals surface area (Å²) in [5, 5.41) is 23.6. The van der Waals surface area contributed by atoms with E-state index >= 15 is 0 Å². The largest absolute Gasteiger partial charge is 0.397 e. The van der Waals surface area contributed by atoms with Crippen molar-refractivity contribution in [2.75, 3.05) is 11.1 Å². The second-order valence-corrected chi connectivity index (χ2v) is 6.50. The number of pyridine rings is 1. The third-order valence-electron chi connectivity index (χ3n) is 4.68. The van der Waals surface area contributed by atoms with E-state index in [9.17, 15) is 14.6 Å². The van der Waals surface area contributed by atoms with Crippen molar-refractivity contribution in [1.29, 1.82) is 0 Å². The number of nitrogens with two attached hydrogens (primary N) is 1. The van der Waals surface area contributed by atoms with Crippen molar-refractivity contribution in [3.05, 3.63) is 30.5 Å². The van der Waals surface area contributed by atoms with Crippen molar-refractivity contribution in [3.63, 3.8) is 0 Å². The molecule has 0 amide bonds. The lowest BCUT2D eigenvalue weighted by Gasteiger charge is -2.32. The van der Waals surface area contributed by atoms with Crippen molar-refractivity contribution < 1.29 is 14.6 Å². The number of nitrogen functional groups attached to an aromatic ring is 1. The van der Waals surface area contributed by atoms with Crippen LogP contribution in [0, 0.1) is 5.82 Å². The van der Waals surface area contributed by atoms with Gasteiger partial charge in [-0.2, -0.15) is 0 Å². The molecule has 1 aliphatic rings. The highest BCUT2D eigenvalue weighted by atomic mass is 19.1. The molecule has 0 unspecified atom stereocenters. The Labute approximate surface area is 148 Å². The lowest BCUT2D eigenvalue weighted by atomic mass is 9.90. The van der Waals surface area contributed by atoms with Gasteiger partial charge in [-0.15, -0.1) is 0 Å². The van der Waals surface area contributed by atoms with Gasteiger partial charge in [0.05, 0.1) is 36.3 Å². The number of aromatic nitrogens is 4. The number of halogens is 1. The zero-order valence-electron chi connectivity index (χ0n) is 13.9. The second kappa shape index (κ2) is 6.50. The fourth-order valence-corrected chi connectivity index (χ4v) is 3.29. The molecule has 0 saturated heterocycles. The standard InChI is InChI=1S/C17H19FN6O2/c18-11-7-22-16(10-6-21-15-9(10)4-8(19)5-20-15)24-17(11)23-12-2-1-3-13(25)14(12)26/h4-7,12-14,25-26H,1-3,19H2,(H,20,21)(H,22,23,24)/t12-,13+,14-/m1/s1. The molecule has 0 radical (unpaired) electrons. The molecule has 6 N–H and O–H groups in total. The van der Waals surface area contributed by atoms with Gasteiger partial charge in [-0.05, 0) is 25.3 Å². The third kappa shape index (κ3) is 2.95. The van der Waals surface area contributed by atoms with Gasteiger partial charge in [-0.25, -0.2) is 19.3 Å². The van der Waals surface area contributed by atoms with E-state index in [4.69, 9.17) is 5.73 Å². The number of aliphatic hydroxyl groups is 2. The van der Waals surface area contributed by atoms with Crippen molar-refractivity contribution >= 4 is 22.5 Å². The first-order chi connectivity index (χ1) is 12.5. The van der Waals surface area contributed by atoms with Crippen LogP contribution in [-0.2, 0) is 0 Å². The molecule has 136 valence electrons. The number of anilines is 2. The molecule has 9 heteroatoms. The Morgan fingerprint density at radius 1 is 1.23 bits per heavy atom. The molecule has 1 fully saturated rings. The Balaban J connectivity index is 1.68. The van der Waals surface area contributed by atoms with E-state index in [0.717, 1.165) is 18.0 Å². The number of H-pyrrole nitrogens is 1. The second-order valence-electron chi connectivity index (χ2n) is 6.50. The number of aromatic amines is 1. The Hall–Kier alpha value is -2.78. The van der Waals surface area contributed by atoms with E-state index in [1.807, 2.05) is 0 Å². The number of nitrogens with one attached hydrogen (secondary N) is 2. The molecular formula is C17H19FN6O2. The molecule has 3 atom stereocenters. The summed E-state index contributed by atoms with van der Waals surface area (Å²) in [6.07, 6.45) is 4.39. The fourth-order valence-electron chi connectivity index (χ4n) is 3.29. The zero-order valence-corrected chi connectivity index (χ0v) is 13.9. The highest BCUT2D eigenvalue weighted by molar-refractivity contribution is 5.93. The van der Waals surface area contributed by atoms with E-state index in [1.165, 1.54) is 6.20 Å². The molecule has 1 saturated carbocycles. The lowest BCUT2D eigenvalue weighted by molar-refractivity contribution is -0.0162. The summed E-state index contributed by atoms with van der Waals surface area (Å²) < 4.78 is 14.2. The highest BCUT2D eigenvalue weighted by Crippen LogP contribution is 2.28. The molecule has 0 aliphatic heterocycles. The molecule has 3 aromatic rings. The van der Waals surface area contributed by atoms with Gasteiger partial charge in [-0.3, -0.25) is 0 Å². The van der Waals surface area contributed by atoms with Crippen molar-refractivity contribution in [2.45, 2.75) is 37.5 Å². The smallest absolute Gasteiger partial charge is 0.183 e. The average molecular weight is 358 g/mol. The van der Waals surface area contributed by atoms with Crippen LogP contribution in [0.2, 0.25) is 0 Å². The first kappa shape index (κ1) is 16.7. The Morgan fingerprint density at radius 2 is 2.08 bits per heavy atom. The molecule has 0 aromatic carbocycles. The summed E-state index contributed by atoms with van der Waals surface area (Å²) >= 11 is 0. The zero-order chi connectivity index (χ0) is 18.3. The number of hydrogen-bond acceptors (Lipinski definition) is 7. The molecule has 26 heavy (non-hydrogen) atoms. The number of fused-ring (bicyclic) bond motifs is 1. The number of aliphatic hydroxyl groups excluding tert-OH is 2. The van der Waals surface area contributed by atoms with Gasteiger partial charge in [-0.1, -0.05) is 0 Å². The average Bonchev–Trinajstić information content (AvgIpc) is 3.04. The number of rotatable bonds is 3. The minimum atomic E-state index is -0.973. The molecule has 8 nitrogen and oxygen atoms in total. The third-order valence-corrected chi connectivity index (χ3v) is 4.68. The summed E-state index contributed by atoms with van der Waals surface area (Å²) in [5.41, 5.74) is 7.57. The van der Waals surface area contributed by atoms with E-state index in [1.54, 1.807) is 12.3 Å². The van der Waals surface area contributed by atoms with Crippen LogP contribution in [-0.4, -0.2) is 48.4 Å². The van der Waals surface area contributed by atoms with E-state index < -0.39 is 24.1 Å². The normalized spacial score (nSPS) is 23.3. The van der Waals surface area contributed by atoms with Crippen molar-refractivity contribution in [2.24, 2.45) is 0 Å². The van der Waals surface area contributed by atoms with Crippen LogP contribution in [0.25, 0.3) is 22.4 Å². The van der Waals surface area contributed by atoms with Gasteiger partial charge in [0.2, 0.25) is 0 Å². The summed E-state index contributed by atoms with van der Waals surface area (Å²) in [5.74, 6) is -0.337. The van der Waals surface area contributed by atoms with Crippen LogP contribution in [0.5, 0.6) is 0 Å². The van der Waals surface area contributed by atoms with Crippen LogP contribution < -0.4 is 11.1 Å². The van der Waals surface area contributed by atoms with Crippen LogP contribution in [0.1, 0.15) is 19.3 Å². The Bertz CT molecular complexity index is 946. The predicted octanol–water partition coefficient (Wildman–Crippen LogP) is 1.43. The Morgan fingerprint density at radius 3 is 2.92 bits per heavy atom.